The van der Waals surface area contributed by atoms with E-state index in [0.29, 0.717) is 0 Å². The van der Waals surface area contributed by atoms with Crippen LogP contribution in [0.1, 0.15) is 51.2 Å². The Morgan fingerprint density at radius 2 is 2.11 bits per heavy atom. The highest BCUT2D eigenvalue weighted by molar-refractivity contribution is 5.55. The van der Waals surface area contributed by atoms with Gasteiger partial charge in [-0.15, -0.1) is 0 Å². The second-order valence-electron chi connectivity index (χ2n) is 5.37. The van der Waals surface area contributed by atoms with Gasteiger partial charge in [0.2, 0.25) is 0 Å². The molecule has 1 heterocycles. The summed E-state index contributed by atoms with van der Waals surface area (Å²) >= 11 is 0. The van der Waals surface area contributed by atoms with E-state index >= 15 is 0 Å². The van der Waals surface area contributed by atoms with E-state index < -0.39 is 0 Å². The fraction of sp³-hybridized carbons (Fsp3) is 0.625. The van der Waals surface area contributed by atoms with Crippen molar-refractivity contribution in [1.82, 2.24) is 0 Å². The molecular formula is C16H25NO. The Kier molecular flexibility index (Phi) is 4.65. The zero-order valence-electron chi connectivity index (χ0n) is 11.6. The molecule has 0 radical (unpaired) electrons. The molecule has 1 aliphatic rings. The predicted molar refractivity (Wildman–Crippen MR) is 76.9 cm³/mol. The van der Waals surface area contributed by atoms with Gasteiger partial charge in [-0.05, 0) is 31.2 Å². The summed E-state index contributed by atoms with van der Waals surface area (Å²) < 4.78 is 0. The van der Waals surface area contributed by atoms with Crippen LogP contribution in [0.2, 0.25) is 0 Å². The van der Waals surface area contributed by atoms with Crippen LogP contribution in [0, 0.1) is 5.92 Å². The van der Waals surface area contributed by atoms with E-state index in [-0.39, 0.29) is 6.10 Å². The van der Waals surface area contributed by atoms with Crippen molar-refractivity contribution in [3.8, 4) is 0 Å². The molecule has 0 saturated carbocycles. The van der Waals surface area contributed by atoms with Gasteiger partial charge in [0.15, 0.2) is 0 Å². The highest BCUT2D eigenvalue weighted by atomic mass is 16.3. The Morgan fingerprint density at radius 3 is 2.83 bits per heavy atom. The molecule has 2 rings (SSSR count). The van der Waals surface area contributed by atoms with Crippen LogP contribution in [0.5, 0.6) is 0 Å². The van der Waals surface area contributed by atoms with Gasteiger partial charge in [0.05, 0.1) is 6.10 Å². The molecule has 2 nitrogen and oxygen atoms in total. The smallest absolute Gasteiger partial charge is 0.0807 e. The summed E-state index contributed by atoms with van der Waals surface area (Å²) in [5.41, 5.74) is 2.34. The van der Waals surface area contributed by atoms with Crippen LogP contribution in [0.15, 0.2) is 24.3 Å². The van der Waals surface area contributed by atoms with Gasteiger partial charge in [-0.25, -0.2) is 0 Å². The zero-order chi connectivity index (χ0) is 13.0. The van der Waals surface area contributed by atoms with Crippen molar-refractivity contribution in [2.75, 3.05) is 18.0 Å². The lowest BCUT2D eigenvalue weighted by atomic mass is 10.0. The summed E-state index contributed by atoms with van der Waals surface area (Å²) in [6, 6.07) is 8.32. The maximum absolute atomic E-state index is 10.1. The van der Waals surface area contributed by atoms with E-state index in [1.807, 2.05) is 13.0 Å². The molecule has 18 heavy (non-hydrogen) atoms. The largest absolute Gasteiger partial charge is 0.388 e. The zero-order valence-corrected chi connectivity index (χ0v) is 11.6. The van der Waals surface area contributed by atoms with Crippen molar-refractivity contribution in [2.24, 2.45) is 5.92 Å². The first-order chi connectivity index (χ1) is 8.76. The summed E-state index contributed by atoms with van der Waals surface area (Å²) in [6.45, 7) is 6.59. The minimum absolute atomic E-state index is 0.327. The Hall–Kier alpha value is -1.02. The number of rotatable bonds is 5. The van der Waals surface area contributed by atoms with Crippen molar-refractivity contribution < 1.29 is 5.11 Å². The van der Waals surface area contributed by atoms with Crippen LogP contribution in [0.3, 0.4) is 0 Å². The quantitative estimate of drug-likeness (QED) is 0.856. The monoisotopic (exact) mass is 247 g/mol. The minimum atomic E-state index is -0.327. The summed E-state index contributed by atoms with van der Waals surface area (Å²) in [4.78, 5) is 2.45. The first-order valence-electron chi connectivity index (χ1n) is 7.28. The third-order valence-electron chi connectivity index (χ3n) is 4.01. The fourth-order valence-electron chi connectivity index (χ4n) is 2.97. The van der Waals surface area contributed by atoms with E-state index in [1.165, 1.54) is 24.9 Å². The van der Waals surface area contributed by atoms with Crippen molar-refractivity contribution in [3.63, 3.8) is 0 Å². The predicted octanol–water partition coefficient (Wildman–Crippen LogP) is 3.76. The lowest BCUT2D eigenvalue weighted by molar-refractivity contribution is 0.174. The van der Waals surface area contributed by atoms with Gasteiger partial charge < -0.3 is 10.0 Å². The van der Waals surface area contributed by atoms with Crippen molar-refractivity contribution in [3.05, 3.63) is 29.8 Å². The Bertz CT molecular complexity index is 377. The molecule has 1 aromatic carbocycles. The molecule has 1 fully saturated rings. The molecule has 0 spiro atoms. The lowest BCUT2D eigenvalue weighted by Crippen LogP contribution is -2.21. The maximum Gasteiger partial charge on any atom is 0.0807 e. The maximum atomic E-state index is 10.1. The molecule has 0 bridgehead atoms. The van der Waals surface area contributed by atoms with Crippen LogP contribution < -0.4 is 4.90 Å². The highest BCUT2D eigenvalue weighted by Crippen LogP contribution is 2.32. The van der Waals surface area contributed by atoms with Crippen LogP contribution >= 0.6 is 0 Å². The number of aliphatic hydroxyl groups is 1. The van der Waals surface area contributed by atoms with E-state index in [9.17, 15) is 5.11 Å². The fourth-order valence-corrected chi connectivity index (χ4v) is 2.97. The van der Waals surface area contributed by atoms with Gasteiger partial charge >= 0.3 is 0 Å². The molecule has 1 aromatic rings. The van der Waals surface area contributed by atoms with Gasteiger partial charge in [-0.3, -0.25) is 0 Å². The van der Waals surface area contributed by atoms with Gasteiger partial charge in [-0.1, -0.05) is 38.5 Å². The molecule has 0 aliphatic carbocycles. The van der Waals surface area contributed by atoms with Crippen LogP contribution in [-0.4, -0.2) is 18.2 Å². The number of benzene rings is 1. The molecule has 2 atom stereocenters. The number of nitrogens with zero attached hydrogens (tertiary/aromatic N) is 1. The van der Waals surface area contributed by atoms with Crippen molar-refractivity contribution in [1.29, 1.82) is 0 Å². The molecule has 1 aliphatic heterocycles. The standard InChI is InChI=1S/C16H25NO/c1-3-7-13-10-11-17(12-13)15-9-6-5-8-14(15)16(18)4-2/h5-6,8-9,13,16,18H,3-4,7,10-12H2,1-2H3/t13?,16-/m1/s1. The molecule has 100 valence electrons. The van der Waals surface area contributed by atoms with Gasteiger partial charge in [-0.2, -0.15) is 0 Å². The number of anilines is 1. The first kappa shape index (κ1) is 13.4. The van der Waals surface area contributed by atoms with E-state index in [0.717, 1.165) is 31.0 Å². The lowest BCUT2D eigenvalue weighted by Gasteiger charge is -2.24. The van der Waals surface area contributed by atoms with Crippen molar-refractivity contribution in [2.45, 2.75) is 45.6 Å². The Labute approximate surface area is 111 Å². The molecular weight excluding hydrogens is 222 g/mol. The summed E-state index contributed by atoms with van der Waals surface area (Å²) in [6.07, 6.45) is 4.35. The van der Waals surface area contributed by atoms with Gasteiger partial charge in [0, 0.05) is 24.3 Å². The second-order valence-corrected chi connectivity index (χ2v) is 5.37. The van der Waals surface area contributed by atoms with Crippen LogP contribution in [0.25, 0.3) is 0 Å². The van der Waals surface area contributed by atoms with Gasteiger partial charge in [0.25, 0.3) is 0 Å². The summed E-state index contributed by atoms with van der Waals surface area (Å²) in [7, 11) is 0. The number of para-hydroxylation sites is 1. The highest BCUT2D eigenvalue weighted by Gasteiger charge is 2.24. The number of hydrogen-bond donors (Lipinski definition) is 1. The van der Waals surface area contributed by atoms with Crippen LogP contribution in [-0.2, 0) is 0 Å². The molecule has 1 N–H and O–H groups in total. The Morgan fingerprint density at radius 1 is 1.33 bits per heavy atom. The normalized spacial score (nSPS) is 21.3. The second kappa shape index (κ2) is 6.24. The average molecular weight is 247 g/mol. The van der Waals surface area contributed by atoms with Gasteiger partial charge in [0.1, 0.15) is 0 Å². The van der Waals surface area contributed by atoms with Crippen molar-refractivity contribution >= 4 is 5.69 Å². The molecule has 0 aromatic heterocycles. The summed E-state index contributed by atoms with van der Waals surface area (Å²) in [5, 5.41) is 10.1. The van der Waals surface area contributed by atoms with E-state index in [1.54, 1.807) is 0 Å². The SMILES string of the molecule is CCCC1CCN(c2ccccc2[C@H](O)CC)C1. The molecule has 0 amide bonds. The molecule has 1 saturated heterocycles. The summed E-state index contributed by atoms with van der Waals surface area (Å²) in [5.74, 6) is 0.835. The Balaban J connectivity index is 2.14. The van der Waals surface area contributed by atoms with Crippen LogP contribution in [0.4, 0.5) is 5.69 Å². The average Bonchev–Trinajstić information content (AvgIpc) is 2.87. The topological polar surface area (TPSA) is 23.5 Å². The third kappa shape index (κ3) is 2.86. The van der Waals surface area contributed by atoms with E-state index in [2.05, 4.69) is 30.0 Å². The third-order valence-corrected chi connectivity index (χ3v) is 4.01. The number of aliphatic hydroxyl groups excluding tert-OH is 1. The molecule has 2 heteroatoms. The molecule has 1 unspecified atom stereocenters. The van der Waals surface area contributed by atoms with E-state index in [4.69, 9.17) is 0 Å². The first-order valence-corrected chi connectivity index (χ1v) is 7.28. The minimum Gasteiger partial charge on any atom is -0.388 e. The number of hydrogen-bond acceptors (Lipinski definition) is 2.